The van der Waals surface area contributed by atoms with E-state index in [0.717, 1.165) is 11.1 Å². The molecule has 0 fully saturated rings. The maximum absolute atomic E-state index is 5.01. The Hall–Kier alpha value is -1.77. The van der Waals surface area contributed by atoms with Crippen LogP contribution in [0.4, 0.5) is 0 Å². The van der Waals surface area contributed by atoms with E-state index in [2.05, 4.69) is 4.98 Å². The van der Waals surface area contributed by atoms with Crippen LogP contribution in [0.3, 0.4) is 0 Å². The summed E-state index contributed by atoms with van der Waals surface area (Å²) in [6.45, 7) is 0. The van der Waals surface area contributed by atoms with Crippen molar-refractivity contribution in [1.82, 2.24) is 4.98 Å². The van der Waals surface area contributed by atoms with Crippen LogP contribution in [0.5, 0.6) is 5.88 Å². The average molecular weight is 175 g/mol. The van der Waals surface area contributed by atoms with E-state index in [0.29, 0.717) is 5.88 Å². The molecule has 0 aliphatic carbocycles. The average Bonchev–Trinajstić information content (AvgIpc) is 2.71. The molecule has 2 aromatic rings. The number of pyridine rings is 1. The number of hydrogen-bond acceptors (Lipinski definition) is 3. The lowest BCUT2D eigenvalue weighted by molar-refractivity contribution is 0.398. The molecule has 0 bridgehead atoms. The van der Waals surface area contributed by atoms with Crippen molar-refractivity contribution in [3.8, 4) is 17.0 Å². The summed E-state index contributed by atoms with van der Waals surface area (Å²) in [6, 6.07) is 5.67. The van der Waals surface area contributed by atoms with E-state index in [1.807, 2.05) is 18.2 Å². The van der Waals surface area contributed by atoms with Crippen LogP contribution in [-0.2, 0) is 0 Å². The number of rotatable bonds is 2. The van der Waals surface area contributed by atoms with E-state index in [1.54, 1.807) is 25.8 Å². The molecule has 0 aromatic carbocycles. The lowest BCUT2D eigenvalue weighted by Crippen LogP contribution is -1.86. The third-order valence-corrected chi connectivity index (χ3v) is 1.80. The fourth-order valence-corrected chi connectivity index (χ4v) is 1.13. The van der Waals surface area contributed by atoms with Crippen LogP contribution in [0.1, 0.15) is 0 Å². The number of aromatic nitrogens is 1. The highest BCUT2D eigenvalue weighted by Crippen LogP contribution is 2.21. The second-order valence-electron chi connectivity index (χ2n) is 2.60. The molecule has 3 nitrogen and oxygen atoms in total. The molecule has 2 rings (SSSR count). The molecule has 0 saturated carbocycles. The molecule has 0 unspecified atom stereocenters. The molecule has 0 spiro atoms. The molecule has 0 aliphatic heterocycles. The number of nitrogens with zero attached hydrogens (tertiary/aromatic N) is 1. The van der Waals surface area contributed by atoms with Gasteiger partial charge in [0, 0.05) is 17.8 Å². The van der Waals surface area contributed by atoms with Gasteiger partial charge in [-0.2, -0.15) is 0 Å². The topological polar surface area (TPSA) is 35.3 Å². The number of methoxy groups -OCH3 is 1. The summed E-state index contributed by atoms with van der Waals surface area (Å²) >= 11 is 0. The van der Waals surface area contributed by atoms with Crippen LogP contribution < -0.4 is 4.74 Å². The number of furan rings is 1. The minimum absolute atomic E-state index is 0.610. The van der Waals surface area contributed by atoms with Crippen molar-refractivity contribution in [3.63, 3.8) is 0 Å². The minimum atomic E-state index is 0.610. The monoisotopic (exact) mass is 175 g/mol. The van der Waals surface area contributed by atoms with Gasteiger partial charge in [-0.1, -0.05) is 0 Å². The van der Waals surface area contributed by atoms with Crippen molar-refractivity contribution in [2.24, 2.45) is 0 Å². The Bertz CT molecular complexity index is 382. The standard InChI is InChI=1S/C10H9NO2/c1-12-10-6-8(2-4-11-10)9-3-5-13-7-9/h2-7H,1H3. The third-order valence-electron chi connectivity index (χ3n) is 1.80. The first kappa shape index (κ1) is 7.86. The van der Waals surface area contributed by atoms with E-state index >= 15 is 0 Å². The molecular formula is C10H9NO2. The Balaban J connectivity index is 2.41. The van der Waals surface area contributed by atoms with Crippen molar-refractivity contribution in [1.29, 1.82) is 0 Å². The van der Waals surface area contributed by atoms with Gasteiger partial charge in [0.1, 0.15) is 0 Å². The molecule has 0 aliphatic rings. The normalized spacial score (nSPS) is 9.92. The fourth-order valence-electron chi connectivity index (χ4n) is 1.13. The fraction of sp³-hybridized carbons (Fsp3) is 0.100. The second kappa shape index (κ2) is 3.31. The van der Waals surface area contributed by atoms with Gasteiger partial charge < -0.3 is 9.15 Å². The summed E-state index contributed by atoms with van der Waals surface area (Å²) in [7, 11) is 1.60. The smallest absolute Gasteiger partial charge is 0.213 e. The quantitative estimate of drug-likeness (QED) is 0.702. The number of ether oxygens (including phenoxy) is 1. The first-order chi connectivity index (χ1) is 6.40. The molecule has 0 amide bonds. The summed E-state index contributed by atoms with van der Waals surface area (Å²) in [6.07, 6.45) is 5.04. The Morgan fingerprint density at radius 2 is 2.23 bits per heavy atom. The van der Waals surface area contributed by atoms with Gasteiger partial charge >= 0.3 is 0 Å². The Kier molecular flexibility index (Phi) is 2.00. The van der Waals surface area contributed by atoms with E-state index < -0.39 is 0 Å². The van der Waals surface area contributed by atoms with Crippen LogP contribution in [0.2, 0.25) is 0 Å². The molecule has 0 atom stereocenters. The van der Waals surface area contributed by atoms with E-state index in [1.165, 1.54) is 0 Å². The maximum atomic E-state index is 5.01. The van der Waals surface area contributed by atoms with Gasteiger partial charge in [-0.05, 0) is 17.7 Å². The van der Waals surface area contributed by atoms with Crippen LogP contribution in [-0.4, -0.2) is 12.1 Å². The molecule has 3 heteroatoms. The Morgan fingerprint density at radius 1 is 1.31 bits per heavy atom. The zero-order valence-electron chi connectivity index (χ0n) is 7.23. The van der Waals surface area contributed by atoms with Crippen molar-refractivity contribution in [3.05, 3.63) is 36.9 Å². The van der Waals surface area contributed by atoms with Crippen LogP contribution in [0, 0.1) is 0 Å². The predicted octanol–water partition coefficient (Wildman–Crippen LogP) is 2.35. The number of hydrogen-bond donors (Lipinski definition) is 0. The van der Waals surface area contributed by atoms with Gasteiger partial charge in [-0.25, -0.2) is 4.98 Å². The zero-order chi connectivity index (χ0) is 9.10. The van der Waals surface area contributed by atoms with Crippen molar-refractivity contribution >= 4 is 0 Å². The predicted molar refractivity (Wildman–Crippen MR) is 48.5 cm³/mol. The van der Waals surface area contributed by atoms with Gasteiger partial charge in [0.05, 0.1) is 19.6 Å². The van der Waals surface area contributed by atoms with Crippen molar-refractivity contribution < 1.29 is 9.15 Å². The summed E-state index contributed by atoms with van der Waals surface area (Å²) in [5, 5.41) is 0. The van der Waals surface area contributed by atoms with E-state index in [9.17, 15) is 0 Å². The van der Waals surface area contributed by atoms with Crippen LogP contribution in [0.25, 0.3) is 11.1 Å². The summed E-state index contributed by atoms with van der Waals surface area (Å²) in [5.74, 6) is 0.610. The summed E-state index contributed by atoms with van der Waals surface area (Å²) in [5.41, 5.74) is 2.07. The highest BCUT2D eigenvalue weighted by atomic mass is 16.5. The second-order valence-corrected chi connectivity index (χ2v) is 2.60. The zero-order valence-corrected chi connectivity index (χ0v) is 7.23. The lowest BCUT2D eigenvalue weighted by atomic mass is 10.1. The SMILES string of the molecule is COc1cc(-c2ccoc2)ccn1. The third kappa shape index (κ3) is 1.54. The van der Waals surface area contributed by atoms with Crippen LogP contribution in [0.15, 0.2) is 41.3 Å². The van der Waals surface area contributed by atoms with Gasteiger partial charge in [0.25, 0.3) is 0 Å². The lowest BCUT2D eigenvalue weighted by Gasteiger charge is -1.99. The van der Waals surface area contributed by atoms with Gasteiger partial charge in [0.2, 0.25) is 5.88 Å². The Morgan fingerprint density at radius 3 is 2.92 bits per heavy atom. The molecule has 13 heavy (non-hydrogen) atoms. The van der Waals surface area contributed by atoms with E-state index in [4.69, 9.17) is 9.15 Å². The Labute approximate surface area is 76.0 Å². The summed E-state index contributed by atoms with van der Waals surface area (Å²) < 4.78 is 9.99. The molecular weight excluding hydrogens is 166 g/mol. The summed E-state index contributed by atoms with van der Waals surface area (Å²) in [4.78, 5) is 4.01. The minimum Gasteiger partial charge on any atom is -0.481 e. The highest BCUT2D eigenvalue weighted by molar-refractivity contribution is 5.62. The van der Waals surface area contributed by atoms with Crippen LogP contribution >= 0.6 is 0 Å². The highest BCUT2D eigenvalue weighted by Gasteiger charge is 2.00. The van der Waals surface area contributed by atoms with Gasteiger partial charge in [-0.15, -0.1) is 0 Å². The largest absolute Gasteiger partial charge is 0.481 e. The first-order valence-corrected chi connectivity index (χ1v) is 3.93. The molecule has 0 radical (unpaired) electrons. The maximum Gasteiger partial charge on any atom is 0.213 e. The van der Waals surface area contributed by atoms with Crippen molar-refractivity contribution in [2.45, 2.75) is 0 Å². The van der Waals surface area contributed by atoms with E-state index in [-0.39, 0.29) is 0 Å². The van der Waals surface area contributed by atoms with Crippen molar-refractivity contribution in [2.75, 3.05) is 7.11 Å². The molecule has 2 heterocycles. The molecule has 66 valence electrons. The van der Waals surface area contributed by atoms with Gasteiger partial charge in [-0.3, -0.25) is 0 Å². The first-order valence-electron chi connectivity index (χ1n) is 3.93. The van der Waals surface area contributed by atoms with Gasteiger partial charge in [0.15, 0.2) is 0 Å². The molecule has 2 aromatic heterocycles. The molecule has 0 saturated heterocycles. The molecule has 0 N–H and O–H groups in total.